The Balaban J connectivity index is 0.000000316. The van der Waals surface area contributed by atoms with Gasteiger partial charge in [0, 0.05) is 61.0 Å². The van der Waals surface area contributed by atoms with Gasteiger partial charge in [-0.15, -0.1) is 0 Å². The zero-order chi connectivity index (χ0) is 47.1. The van der Waals surface area contributed by atoms with Crippen LogP contribution in [-0.4, -0.2) is 92.8 Å². The van der Waals surface area contributed by atoms with Crippen LogP contribution in [0.2, 0.25) is 0 Å². The third-order valence-corrected chi connectivity index (χ3v) is 9.62. The summed E-state index contributed by atoms with van der Waals surface area (Å²) in [7, 11) is 0. The van der Waals surface area contributed by atoms with E-state index in [1.54, 1.807) is 24.5 Å². The van der Waals surface area contributed by atoms with Gasteiger partial charge in [-0.2, -0.15) is 0 Å². The minimum atomic E-state index is -0.463. The summed E-state index contributed by atoms with van der Waals surface area (Å²) in [5.41, 5.74) is 16.9. The summed E-state index contributed by atoms with van der Waals surface area (Å²) >= 11 is 0. The van der Waals surface area contributed by atoms with Crippen molar-refractivity contribution in [3.63, 3.8) is 0 Å². The number of carbonyl (C=O) groups is 3. The summed E-state index contributed by atoms with van der Waals surface area (Å²) in [5, 5.41) is 13.2. The van der Waals surface area contributed by atoms with Gasteiger partial charge in [0.1, 0.15) is 28.7 Å². The van der Waals surface area contributed by atoms with Gasteiger partial charge in [0.2, 0.25) is 0 Å². The van der Waals surface area contributed by atoms with Crippen molar-refractivity contribution in [3.8, 4) is 0 Å². The van der Waals surface area contributed by atoms with Crippen LogP contribution < -0.4 is 62.3 Å². The summed E-state index contributed by atoms with van der Waals surface area (Å²) in [6.45, 7) is 15.1. The van der Waals surface area contributed by atoms with Crippen LogP contribution in [0.25, 0.3) is 11.0 Å². The van der Waals surface area contributed by atoms with Crippen LogP contribution in [0.4, 0.5) is 27.0 Å². The number of aromatic nitrogens is 5. The van der Waals surface area contributed by atoms with Gasteiger partial charge in [-0.3, -0.25) is 4.79 Å². The molecule has 0 aromatic carbocycles. The van der Waals surface area contributed by atoms with E-state index in [1.165, 1.54) is 24.0 Å². The number of nitrogens with one attached hydrogen (secondary N) is 4. The Hall–Kier alpha value is -5.46. The molecule has 2 amide bonds. The number of pyridine rings is 5. The predicted octanol–water partition coefficient (Wildman–Crippen LogP) is 4.62. The van der Waals surface area contributed by atoms with Crippen LogP contribution in [0.15, 0.2) is 73.1 Å². The smallest absolute Gasteiger partial charge is 0.870 e. The molecule has 67 heavy (non-hydrogen) atoms. The molecule has 0 unspecified atom stereocenters. The number of amides is 2. The molecule has 0 saturated carbocycles. The molecule has 0 spiro atoms. The number of alkyl carbamates (subject to hydrolysis) is 2. The molecule has 7 rings (SSSR count). The van der Waals surface area contributed by atoms with Gasteiger partial charge >= 0.3 is 41.7 Å². The fourth-order valence-electron chi connectivity index (χ4n) is 6.51. The average Bonchev–Trinajstić information content (AvgIpc) is 3.28. The average molecular weight is 932 g/mol. The molecule has 0 fully saturated rings. The number of nitrogen functional groups attached to an aromatic ring is 1. The number of aryl methyl sites for hydroxylation is 5. The van der Waals surface area contributed by atoms with E-state index in [0.717, 1.165) is 111 Å². The first kappa shape index (κ1) is 57.7. The Kier molecular flexibility index (Phi) is 25.8. The molecule has 17 nitrogen and oxygen atoms in total. The molecule has 2 aliphatic rings. The van der Waals surface area contributed by atoms with E-state index in [9.17, 15) is 14.4 Å². The number of carbonyl (C=O) groups excluding carboxylic acids is 3. The van der Waals surface area contributed by atoms with E-state index in [2.05, 4.69) is 70.5 Å². The standard InChI is InChI=1S/C16H25N3O2.C16H21N3O2.C11H17N3.C6H6N2O.Na.H2O/c2*1-16(2,3)21-15(20)18-11-5-7-13-9-8-12-6-4-10-17-14(12)19-13;12-7-1-4-10-6-5-9-3-2-8-13-11(9)14-10;7-6-5(4-9)2-1-3-8-6;;/h8-9H,4-7,10-11H2,1-3H3,(H,17,19)(H,18,20);4,6,8-10H,5,7,11H2,1-3H3,(H,18,20);5-6H,1-4,7-8,12H2,(H,13,14);1-4H,(H2,7,8);;1H2/q;;;;+1;/p-1. The maximum atomic E-state index is 11.5. The van der Waals surface area contributed by atoms with Gasteiger partial charge in [0.05, 0.1) is 5.56 Å². The Morgan fingerprint density at radius 3 is 1.64 bits per heavy atom. The van der Waals surface area contributed by atoms with E-state index in [1.807, 2.05) is 65.8 Å². The van der Waals surface area contributed by atoms with Crippen molar-refractivity contribution in [1.29, 1.82) is 0 Å². The van der Waals surface area contributed by atoms with Crippen LogP contribution in [0.1, 0.15) is 112 Å². The molecular formula is C49H70N11NaO6. The maximum absolute atomic E-state index is 11.5. The predicted molar refractivity (Wildman–Crippen MR) is 260 cm³/mol. The first-order chi connectivity index (χ1) is 31.1. The SMILES string of the molecule is CC(C)(C)OC(=O)NCCCc1ccc2c(n1)NCCC2.CC(C)(C)OC(=O)NCCCc1ccc2cccnc2n1.NCCCc1ccc2c(n1)NCCC2.Nc1ncccc1C=O.[Na+].[OH-]. The molecule has 7 heterocycles. The van der Waals surface area contributed by atoms with Crippen LogP contribution in [0.5, 0.6) is 0 Å². The minimum Gasteiger partial charge on any atom is -0.870 e. The Morgan fingerprint density at radius 2 is 1.16 bits per heavy atom. The molecule has 18 heteroatoms. The van der Waals surface area contributed by atoms with Crippen LogP contribution >= 0.6 is 0 Å². The number of hydrogen-bond acceptors (Lipinski definition) is 15. The second kappa shape index (κ2) is 30.0. The van der Waals surface area contributed by atoms with Gasteiger partial charge in [-0.1, -0.05) is 12.1 Å². The van der Waals surface area contributed by atoms with Gasteiger partial charge in [0.25, 0.3) is 0 Å². The largest absolute Gasteiger partial charge is 1.00 e. The quantitative estimate of drug-likeness (QED) is 0.0567. The van der Waals surface area contributed by atoms with Crippen molar-refractivity contribution in [2.24, 2.45) is 5.73 Å². The summed E-state index contributed by atoms with van der Waals surface area (Å²) in [6.07, 6.45) is 13.2. The van der Waals surface area contributed by atoms with Crippen LogP contribution in [0.3, 0.4) is 0 Å². The number of nitrogens with zero attached hydrogens (tertiary/aromatic N) is 5. The minimum absolute atomic E-state index is 0. The molecule has 0 aliphatic carbocycles. The van der Waals surface area contributed by atoms with E-state index in [-0.39, 0.29) is 53.0 Å². The molecule has 9 N–H and O–H groups in total. The van der Waals surface area contributed by atoms with Crippen molar-refractivity contribution >= 4 is 47.0 Å². The molecule has 5 aromatic heterocycles. The van der Waals surface area contributed by atoms with Crippen molar-refractivity contribution in [2.75, 3.05) is 49.1 Å². The second-order valence-electron chi connectivity index (χ2n) is 17.6. The molecular weight excluding hydrogens is 862 g/mol. The normalized spacial score (nSPS) is 12.2. The molecule has 358 valence electrons. The first-order valence-corrected chi connectivity index (χ1v) is 22.6. The fourth-order valence-corrected chi connectivity index (χ4v) is 6.51. The van der Waals surface area contributed by atoms with Crippen molar-refractivity contribution in [3.05, 3.63) is 107 Å². The third-order valence-electron chi connectivity index (χ3n) is 9.62. The third kappa shape index (κ3) is 22.7. The Bertz CT molecular complexity index is 2270. The van der Waals surface area contributed by atoms with Crippen molar-refractivity contribution in [2.45, 2.75) is 117 Å². The van der Waals surface area contributed by atoms with Gasteiger partial charge < -0.3 is 47.7 Å². The number of rotatable bonds is 12. The number of anilines is 3. The van der Waals surface area contributed by atoms with Crippen molar-refractivity contribution in [1.82, 2.24) is 35.6 Å². The molecule has 0 saturated heterocycles. The van der Waals surface area contributed by atoms with Gasteiger partial charge in [-0.25, -0.2) is 34.5 Å². The van der Waals surface area contributed by atoms with Gasteiger partial charge in [-0.05, 0) is 172 Å². The summed E-state index contributed by atoms with van der Waals surface area (Å²) in [6, 6.07) is 19.8. The Labute approximate surface area is 417 Å². The number of nitrogens with two attached hydrogens (primary N) is 2. The molecule has 0 atom stereocenters. The molecule has 2 aliphatic heterocycles. The summed E-state index contributed by atoms with van der Waals surface area (Å²) in [4.78, 5) is 54.7. The monoisotopic (exact) mass is 932 g/mol. The van der Waals surface area contributed by atoms with Crippen LogP contribution in [-0.2, 0) is 41.6 Å². The van der Waals surface area contributed by atoms with E-state index >= 15 is 0 Å². The molecule has 5 aromatic rings. The molecule has 0 radical (unpaired) electrons. The number of hydrogen-bond donors (Lipinski definition) is 6. The molecule has 0 bridgehead atoms. The first-order valence-electron chi connectivity index (χ1n) is 22.6. The number of aldehydes is 1. The maximum Gasteiger partial charge on any atom is 1.00 e. The topological polar surface area (TPSA) is 264 Å². The summed E-state index contributed by atoms with van der Waals surface area (Å²) in [5.74, 6) is 2.40. The zero-order valence-corrected chi connectivity index (χ0v) is 42.5. The van der Waals surface area contributed by atoms with E-state index < -0.39 is 11.2 Å². The van der Waals surface area contributed by atoms with E-state index in [4.69, 9.17) is 20.9 Å². The van der Waals surface area contributed by atoms with Crippen molar-refractivity contribution < 1.29 is 58.9 Å². The van der Waals surface area contributed by atoms with Gasteiger partial charge in [0.15, 0.2) is 11.9 Å². The second-order valence-corrected chi connectivity index (χ2v) is 17.6. The summed E-state index contributed by atoms with van der Waals surface area (Å²) < 4.78 is 10.4. The number of fused-ring (bicyclic) bond motifs is 3. The van der Waals surface area contributed by atoms with E-state index in [0.29, 0.717) is 24.9 Å². The number of ether oxygens (including phenoxy) is 2. The Morgan fingerprint density at radius 1 is 0.687 bits per heavy atom. The fraction of sp³-hybridized carbons (Fsp3) is 0.469. The zero-order valence-electron chi connectivity index (χ0n) is 40.5. The van der Waals surface area contributed by atoms with Crippen LogP contribution in [0, 0.1) is 0 Å².